The summed E-state index contributed by atoms with van der Waals surface area (Å²) in [6.07, 6.45) is 1.00. The fraction of sp³-hybridized carbons (Fsp3) is 0.929. The zero-order chi connectivity index (χ0) is 15.2. The van der Waals surface area contributed by atoms with Gasteiger partial charge in [-0.05, 0) is 20.3 Å². The van der Waals surface area contributed by atoms with Crippen LogP contribution >= 0.6 is 0 Å². The van der Waals surface area contributed by atoms with Crippen molar-refractivity contribution in [3.63, 3.8) is 0 Å². The molecular weight excluding hydrogens is 260 g/mol. The molecule has 120 valence electrons. The van der Waals surface area contributed by atoms with Crippen molar-refractivity contribution in [1.82, 2.24) is 10.6 Å². The summed E-state index contributed by atoms with van der Waals surface area (Å²) in [5.74, 6) is 0.0379. The Morgan fingerprint density at radius 1 is 1.25 bits per heavy atom. The Morgan fingerprint density at radius 2 is 2.00 bits per heavy atom. The summed E-state index contributed by atoms with van der Waals surface area (Å²) in [4.78, 5) is 11.3. The molecule has 0 saturated carbocycles. The van der Waals surface area contributed by atoms with E-state index < -0.39 is 6.10 Å². The Balaban J connectivity index is 3.32. The first kappa shape index (κ1) is 19.3. The third-order valence-corrected chi connectivity index (χ3v) is 2.47. The first-order valence-electron chi connectivity index (χ1n) is 7.41. The first-order valence-corrected chi connectivity index (χ1v) is 7.41. The molecule has 6 nitrogen and oxygen atoms in total. The van der Waals surface area contributed by atoms with Gasteiger partial charge in [-0.1, -0.05) is 6.92 Å². The number of hydrogen-bond acceptors (Lipinski definition) is 5. The Morgan fingerprint density at radius 3 is 2.65 bits per heavy atom. The molecule has 0 heterocycles. The summed E-state index contributed by atoms with van der Waals surface area (Å²) >= 11 is 0. The smallest absolute Gasteiger partial charge is 0.221 e. The lowest BCUT2D eigenvalue weighted by Crippen LogP contribution is -2.34. The molecule has 0 aromatic rings. The van der Waals surface area contributed by atoms with Crippen LogP contribution in [-0.2, 0) is 14.3 Å². The lowest BCUT2D eigenvalue weighted by Gasteiger charge is -2.13. The molecule has 1 amide bonds. The number of carbonyl (C=O) groups is 1. The average molecular weight is 290 g/mol. The number of hydrogen-bond donors (Lipinski definition) is 3. The van der Waals surface area contributed by atoms with Gasteiger partial charge in [0, 0.05) is 26.1 Å². The summed E-state index contributed by atoms with van der Waals surface area (Å²) < 4.78 is 10.6. The molecule has 1 unspecified atom stereocenters. The lowest BCUT2D eigenvalue weighted by molar-refractivity contribution is -0.121. The number of aliphatic hydroxyl groups excluding tert-OH is 1. The van der Waals surface area contributed by atoms with E-state index in [-0.39, 0.29) is 18.6 Å². The number of aliphatic hydroxyl groups is 1. The van der Waals surface area contributed by atoms with Crippen molar-refractivity contribution < 1.29 is 19.4 Å². The van der Waals surface area contributed by atoms with Crippen molar-refractivity contribution in [2.75, 3.05) is 39.5 Å². The van der Waals surface area contributed by atoms with Crippen LogP contribution in [0.5, 0.6) is 0 Å². The summed E-state index contributed by atoms with van der Waals surface area (Å²) in [7, 11) is 0. The van der Waals surface area contributed by atoms with E-state index in [2.05, 4.69) is 10.6 Å². The van der Waals surface area contributed by atoms with Gasteiger partial charge in [0.05, 0.1) is 32.0 Å². The topological polar surface area (TPSA) is 79.8 Å². The molecular formula is C14H30N2O4. The van der Waals surface area contributed by atoms with Gasteiger partial charge in [-0.2, -0.15) is 0 Å². The van der Waals surface area contributed by atoms with Crippen molar-refractivity contribution in [2.24, 2.45) is 0 Å². The van der Waals surface area contributed by atoms with E-state index in [0.29, 0.717) is 39.3 Å². The Labute approximate surface area is 122 Å². The number of ether oxygens (including phenoxy) is 2. The van der Waals surface area contributed by atoms with Gasteiger partial charge in [-0.3, -0.25) is 4.79 Å². The molecule has 0 aromatic carbocycles. The number of nitrogens with one attached hydrogen (secondary N) is 2. The first-order chi connectivity index (χ1) is 9.56. The maximum atomic E-state index is 11.3. The van der Waals surface area contributed by atoms with Gasteiger partial charge in [-0.25, -0.2) is 0 Å². The minimum absolute atomic E-state index is 0.0379. The predicted molar refractivity (Wildman–Crippen MR) is 78.7 cm³/mol. The minimum atomic E-state index is -0.562. The Kier molecular flexibility index (Phi) is 12.8. The van der Waals surface area contributed by atoms with Gasteiger partial charge in [-0.15, -0.1) is 0 Å². The quantitative estimate of drug-likeness (QED) is 0.425. The van der Waals surface area contributed by atoms with Gasteiger partial charge in [0.1, 0.15) is 0 Å². The molecule has 0 radical (unpaired) electrons. The Bertz CT molecular complexity index is 237. The maximum Gasteiger partial charge on any atom is 0.221 e. The van der Waals surface area contributed by atoms with Crippen LogP contribution in [0, 0.1) is 0 Å². The second kappa shape index (κ2) is 13.3. The fourth-order valence-corrected chi connectivity index (χ4v) is 1.44. The molecule has 0 aliphatic carbocycles. The van der Waals surface area contributed by atoms with Gasteiger partial charge < -0.3 is 25.2 Å². The van der Waals surface area contributed by atoms with Gasteiger partial charge in [0.25, 0.3) is 0 Å². The van der Waals surface area contributed by atoms with Gasteiger partial charge >= 0.3 is 0 Å². The highest BCUT2D eigenvalue weighted by Gasteiger charge is 2.05. The van der Waals surface area contributed by atoms with Gasteiger partial charge in [0.2, 0.25) is 5.91 Å². The molecule has 0 bridgehead atoms. The fourth-order valence-electron chi connectivity index (χ4n) is 1.44. The molecule has 0 aliphatic heterocycles. The van der Waals surface area contributed by atoms with Crippen LogP contribution in [0.4, 0.5) is 0 Å². The van der Waals surface area contributed by atoms with E-state index in [1.807, 2.05) is 20.8 Å². The summed E-state index contributed by atoms with van der Waals surface area (Å²) in [6, 6.07) is 0. The van der Waals surface area contributed by atoms with Crippen LogP contribution in [0.25, 0.3) is 0 Å². The van der Waals surface area contributed by atoms with E-state index in [4.69, 9.17) is 9.47 Å². The van der Waals surface area contributed by atoms with Crippen molar-refractivity contribution in [3.05, 3.63) is 0 Å². The largest absolute Gasteiger partial charge is 0.389 e. The molecule has 3 N–H and O–H groups in total. The summed E-state index contributed by atoms with van der Waals surface area (Å²) in [5, 5.41) is 15.5. The molecule has 0 rings (SSSR count). The van der Waals surface area contributed by atoms with Crippen LogP contribution < -0.4 is 10.6 Å². The minimum Gasteiger partial charge on any atom is -0.389 e. The van der Waals surface area contributed by atoms with E-state index in [9.17, 15) is 9.90 Å². The third-order valence-electron chi connectivity index (χ3n) is 2.47. The van der Waals surface area contributed by atoms with E-state index in [0.717, 1.165) is 6.42 Å². The van der Waals surface area contributed by atoms with Crippen LogP contribution in [0.15, 0.2) is 0 Å². The summed E-state index contributed by atoms with van der Waals surface area (Å²) in [6.45, 7) is 8.94. The van der Waals surface area contributed by atoms with E-state index in [1.165, 1.54) is 0 Å². The van der Waals surface area contributed by atoms with Gasteiger partial charge in [0.15, 0.2) is 0 Å². The van der Waals surface area contributed by atoms with E-state index in [1.54, 1.807) is 0 Å². The van der Waals surface area contributed by atoms with Crippen LogP contribution in [-0.4, -0.2) is 62.7 Å². The molecule has 1 atom stereocenters. The molecule has 0 fully saturated rings. The van der Waals surface area contributed by atoms with Crippen LogP contribution in [0.3, 0.4) is 0 Å². The maximum absolute atomic E-state index is 11.3. The normalized spacial score (nSPS) is 12.7. The standard InChI is InChI=1S/C14H30N2O4/c1-4-6-16-14(18)5-7-15-10-13(17)11-19-8-9-20-12(2)3/h12-13,15,17H,4-11H2,1-3H3,(H,16,18). The zero-order valence-corrected chi connectivity index (χ0v) is 13.0. The second-order valence-electron chi connectivity index (χ2n) is 4.95. The monoisotopic (exact) mass is 290 g/mol. The van der Waals surface area contributed by atoms with Crippen molar-refractivity contribution in [1.29, 1.82) is 0 Å². The number of rotatable bonds is 13. The predicted octanol–water partition coefficient (Wildman–Crippen LogP) is 0.295. The van der Waals surface area contributed by atoms with Crippen molar-refractivity contribution in [2.45, 2.75) is 45.8 Å². The van der Waals surface area contributed by atoms with Crippen molar-refractivity contribution >= 4 is 5.91 Å². The van der Waals surface area contributed by atoms with Crippen LogP contribution in [0.1, 0.15) is 33.6 Å². The number of carbonyl (C=O) groups excluding carboxylic acids is 1. The zero-order valence-electron chi connectivity index (χ0n) is 13.0. The highest BCUT2D eigenvalue weighted by atomic mass is 16.5. The Hall–Kier alpha value is -0.690. The molecule has 0 saturated heterocycles. The molecule has 0 aliphatic rings. The highest BCUT2D eigenvalue weighted by molar-refractivity contribution is 5.75. The molecule has 0 spiro atoms. The van der Waals surface area contributed by atoms with Crippen LogP contribution in [0.2, 0.25) is 0 Å². The third kappa shape index (κ3) is 13.7. The van der Waals surface area contributed by atoms with Crippen molar-refractivity contribution in [3.8, 4) is 0 Å². The van der Waals surface area contributed by atoms with E-state index >= 15 is 0 Å². The molecule has 6 heteroatoms. The second-order valence-corrected chi connectivity index (χ2v) is 4.95. The summed E-state index contributed by atoms with van der Waals surface area (Å²) in [5.41, 5.74) is 0. The highest BCUT2D eigenvalue weighted by Crippen LogP contribution is 1.89. The SMILES string of the molecule is CCCNC(=O)CCNCC(O)COCCOC(C)C. The molecule has 0 aromatic heterocycles. The number of amides is 1. The average Bonchev–Trinajstić information content (AvgIpc) is 2.40. The molecule has 20 heavy (non-hydrogen) atoms. The lowest BCUT2D eigenvalue weighted by atomic mass is 10.3.